The second-order valence-corrected chi connectivity index (χ2v) is 9.39. The van der Waals surface area contributed by atoms with Crippen molar-refractivity contribution in [2.24, 2.45) is 0 Å². The first-order chi connectivity index (χ1) is 14.1. The number of benzene rings is 2. The molecule has 4 nitrogen and oxygen atoms in total. The average molecular weight is 522 g/mol. The van der Waals surface area contributed by atoms with E-state index >= 15 is 0 Å². The van der Waals surface area contributed by atoms with Crippen molar-refractivity contribution in [3.05, 3.63) is 62.4 Å². The van der Waals surface area contributed by atoms with Gasteiger partial charge in [0, 0.05) is 26.7 Å². The molecule has 0 atom stereocenters. The molecule has 152 valence electrons. The van der Waals surface area contributed by atoms with Crippen LogP contribution in [0.3, 0.4) is 0 Å². The summed E-state index contributed by atoms with van der Waals surface area (Å²) in [6.07, 6.45) is 5.70. The molecule has 6 heteroatoms. The third-order valence-corrected chi connectivity index (χ3v) is 6.51. The molecule has 1 aromatic heterocycles. The molecule has 29 heavy (non-hydrogen) atoms. The number of amides is 1. The Labute approximate surface area is 190 Å². The molecule has 0 bridgehead atoms. The Balaban J connectivity index is 1.72. The number of fused-ring (bicyclic) bond motifs is 1. The van der Waals surface area contributed by atoms with E-state index in [0.717, 1.165) is 50.3 Å². The Kier molecular flexibility index (Phi) is 6.44. The number of halogens is 2. The highest BCUT2D eigenvalue weighted by Gasteiger charge is 2.25. The normalized spacial score (nSPS) is 14.6. The third kappa shape index (κ3) is 4.45. The summed E-state index contributed by atoms with van der Waals surface area (Å²) >= 11 is 8.55. The minimum absolute atomic E-state index is 0.0634. The monoisotopic (exact) mass is 521 g/mol. The first kappa shape index (κ1) is 20.7. The van der Waals surface area contributed by atoms with Gasteiger partial charge in [-0.2, -0.15) is 0 Å². The highest BCUT2D eigenvalue weighted by molar-refractivity contribution is 14.1. The molecule has 0 saturated heterocycles. The van der Waals surface area contributed by atoms with E-state index in [1.807, 2.05) is 47.4 Å². The van der Waals surface area contributed by atoms with Gasteiger partial charge in [-0.25, -0.2) is 4.98 Å². The molecule has 1 heterocycles. The van der Waals surface area contributed by atoms with Crippen LogP contribution in [-0.4, -0.2) is 26.9 Å². The van der Waals surface area contributed by atoms with Gasteiger partial charge in [-0.05, 0) is 78.3 Å². The van der Waals surface area contributed by atoms with Crippen molar-refractivity contribution in [3.8, 4) is 0 Å². The van der Waals surface area contributed by atoms with Gasteiger partial charge in [0.15, 0.2) is 0 Å². The number of carbonyl (C=O) groups is 1. The molecular weight excluding hydrogens is 497 g/mol. The molecule has 0 unspecified atom stereocenters. The van der Waals surface area contributed by atoms with E-state index in [2.05, 4.69) is 34.1 Å². The molecule has 1 fully saturated rings. The van der Waals surface area contributed by atoms with E-state index < -0.39 is 0 Å². The van der Waals surface area contributed by atoms with Crippen LogP contribution >= 0.6 is 34.2 Å². The highest BCUT2D eigenvalue weighted by atomic mass is 127. The van der Waals surface area contributed by atoms with Gasteiger partial charge in [0.1, 0.15) is 5.82 Å². The molecule has 1 saturated carbocycles. The van der Waals surface area contributed by atoms with Crippen LogP contribution < -0.4 is 0 Å². The fourth-order valence-electron chi connectivity index (χ4n) is 4.29. The van der Waals surface area contributed by atoms with E-state index in [9.17, 15) is 4.79 Å². The van der Waals surface area contributed by atoms with Crippen LogP contribution in [0.2, 0.25) is 5.02 Å². The van der Waals surface area contributed by atoms with Gasteiger partial charge in [0.25, 0.3) is 5.91 Å². The van der Waals surface area contributed by atoms with Crippen molar-refractivity contribution in [1.29, 1.82) is 0 Å². The number of imidazole rings is 1. The summed E-state index contributed by atoms with van der Waals surface area (Å²) in [4.78, 5) is 20.1. The average Bonchev–Trinajstić information content (AvgIpc) is 3.34. The summed E-state index contributed by atoms with van der Waals surface area (Å²) < 4.78 is 3.41. The van der Waals surface area contributed by atoms with Crippen molar-refractivity contribution >= 4 is 51.1 Å². The number of carbonyl (C=O) groups excluding carboxylic acids is 1. The van der Waals surface area contributed by atoms with Gasteiger partial charge in [0.2, 0.25) is 0 Å². The first-order valence-electron chi connectivity index (χ1n) is 10.3. The standard InChI is InChI=1S/C23H25ClIN3O/c1-2-12-27(23(29)16-6-5-7-18(25)13-16)15-22-26-20-11-10-17(24)14-21(20)28(22)19-8-3-4-9-19/h5-7,10-11,13-14,19H,2-4,8-9,12,15H2,1H3. The molecule has 2 aromatic carbocycles. The predicted octanol–water partition coefficient (Wildman–Crippen LogP) is 6.46. The van der Waals surface area contributed by atoms with Gasteiger partial charge in [-0.3, -0.25) is 4.79 Å². The van der Waals surface area contributed by atoms with Gasteiger partial charge in [0.05, 0.1) is 17.6 Å². The lowest BCUT2D eigenvalue weighted by Gasteiger charge is -2.24. The second kappa shape index (κ2) is 9.04. The minimum atomic E-state index is 0.0634. The van der Waals surface area contributed by atoms with Crippen LogP contribution in [0.4, 0.5) is 0 Å². The zero-order valence-corrected chi connectivity index (χ0v) is 19.5. The molecule has 0 spiro atoms. The zero-order chi connectivity index (χ0) is 20.4. The number of rotatable bonds is 6. The molecule has 0 N–H and O–H groups in total. The quantitative estimate of drug-likeness (QED) is 0.349. The molecule has 3 aromatic rings. The van der Waals surface area contributed by atoms with Gasteiger partial charge < -0.3 is 9.47 Å². The maximum absolute atomic E-state index is 13.3. The summed E-state index contributed by atoms with van der Waals surface area (Å²) in [5, 5.41) is 0.726. The van der Waals surface area contributed by atoms with Crippen LogP contribution in [-0.2, 0) is 6.54 Å². The fraction of sp³-hybridized carbons (Fsp3) is 0.391. The Morgan fingerprint density at radius 3 is 2.76 bits per heavy atom. The second-order valence-electron chi connectivity index (χ2n) is 7.71. The lowest BCUT2D eigenvalue weighted by molar-refractivity contribution is 0.0736. The van der Waals surface area contributed by atoms with Crippen molar-refractivity contribution < 1.29 is 4.79 Å². The van der Waals surface area contributed by atoms with Crippen LogP contribution in [0.15, 0.2) is 42.5 Å². The van der Waals surface area contributed by atoms with E-state index in [1.54, 1.807) is 0 Å². The van der Waals surface area contributed by atoms with Crippen molar-refractivity contribution in [2.45, 2.75) is 51.6 Å². The van der Waals surface area contributed by atoms with E-state index in [4.69, 9.17) is 16.6 Å². The number of hydrogen-bond donors (Lipinski definition) is 0. The molecule has 1 aliphatic carbocycles. The number of nitrogens with zero attached hydrogens (tertiary/aromatic N) is 3. The molecule has 1 aliphatic rings. The summed E-state index contributed by atoms with van der Waals surface area (Å²) in [5.74, 6) is 1.02. The van der Waals surface area contributed by atoms with E-state index in [-0.39, 0.29) is 5.91 Å². The fourth-order valence-corrected chi connectivity index (χ4v) is 5.00. The SMILES string of the molecule is CCCN(Cc1nc2ccc(Cl)cc2n1C1CCCC1)C(=O)c1cccc(I)c1. The number of aromatic nitrogens is 2. The summed E-state index contributed by atoms with van der Waals surface area (Å²) in [5.41, 5.74) is 2.77. The maximum atomic E-state index is 13.3. The zero-order valence-electron chi connectivity index (χ0n) is 16.6. The summed E-state index contributed by atoms with van der Waals surface area (Å²) in [7, 11) is 0. The Hall–Kier alpha value is -1.60. The van der Waals surface area contributed by atoms with Crippen LogP contribution in [0.5, 0.6) is 0 Å². The first-order valence-corrected chi connectivity index (χ1v) is 11.7. The van der Waals surface area contributed by atoms with Crippen molar-refractivity contribution in [2.75, 3.05) is 6.54 Å². The molecule has 0 radical (unpaired) electrons. The van der Waals surface area contributed by atoms with Crippen LogP contribution in [0.1, 0.15) is 61.3 Å². The largest absolute Gasteiger partial charge is 0.331 e. The third-order valence-electron chi connectivity index (χ3n) is 5.60. The summed E-state index contributed by atoms with van der Waals surface area (Å²) in [6.45, 7) is 3.33. The molecule has 4 rings (SSSR count). The molecular formula is C23H25ClIN3O. The number of hydrogen-bond acceptors (Lipinski definition) is 2. The van der Waals surface area contributed by atoms with Crippen LogP contribution in [0, 0.1) is 3.57 Å². The topological polar surface area (TPSA) is 38.1 Å². The maximum Gasteiger partial charge on any atom is 0.254 e. The van der Waals surface area contributed by atoms with Crippen molar-refractivity contribution in [1.82, 2.24) is 14.5 Å². The molecule has 1 amide bonds. The summed E-state index contributed by atoms with van der Waals surface area (Å²) in [6, 6.07) is 14.1. The van der Waals surface area contributed by atoms with Crippen LogP contribution in [0.25, 0.3) is 11.0 Å². The minimum Gasteiger partial charge on any atom is -0.331 e. The Morgan fingerprint density at radius 1 is 1.24 bits per heavy atom. The Morgan fingerprint density at radius 2 is 2.03 bits per heavy atom. The lowest BCUT2D eigenvalue weighted by Crippen LogP contribution is -2.32. The lowest BCUT2D eigenvalue weighted by atomic mass is 10.2. The van der Waals surface area contributed by atoms with Gasteiger partial charge in [-0.15, -0.1) is 0 Å². The highest BCUT2D eigenvalue weighted by Crippen LogP contribution is 2.35. The van der Waals surface area contributed by atoms with Gasteiger partial charge >= 0.3 is 0 Å². The van der Waals surface area contributed by atoms with E-state index in [1.165, 1.54) is 12.8 Å². The predicted molar refractivity (Wildman–Crippen MR) is 126 cm³/mol. The van der Waals surface area contributed by atoms with Crippen molar-refractivity contribution in [3.63, 3.8) is 0 Å². The van der Waals surface area contributed by atoms with E-state index in [0.29, 0.717) is 19.1 Å². The molecule has 0 aliphatic heterocycles. The smallest absolute Gasteiger partial charge is 0.254 e. The van der Waals surface area contributed by atoms with Gasteiger partial charge in [-0.1, -0.05) is 37.4 Å². The Bertz CT molecular complexity index is 1030.